The zero-order valence-electron chi connectivity index (χ0n) is 34.9. The number of ether oxygens (including phenoxy) is 2. The molecular weight excluding hydrogens is 708 g/mol. The number of likely N-dealkylation sites (N-methyl/N-ethyl adjacent to an activating group) is 2. The van der Waals surface area contributed by atoms with Crippen LogP contribution in [-0.2, 0) is 39.9 Å². The molecule has 15 heteroatoms. The largest absolute Gasteiger partial charge is 0.480 e. The summed E-state index contributed by atoms with van der Waals surface area (Å²) in [6.07, 6.45) is -1.82. The molecule has 1 aliphatic rings. The monoisotopic (exact) mass is 777 g/mol. The normalized spacial score (nSPS) is 20.3. The first-order chi connectivity index (χ1) is 25.7. The van der Waals surface area contributed by atoms with Crippen molar-refractivity contribution in [2.24, 2.45) is 23.7 Å². The predicted octanol–water partition coefficient (Wildman–Crippen LogP) is 2.00. The number of anilines is 1. The lowest BCUT2D eigenvalue weighted by Gasteiger charge is -2.41. The number of hydrogen-bond acceptors (Lipinski definition) is 10. The van der Waals surface area contributed by atoms with E-state index in [2.05, 4.69) is 10.6 Å². The molecule has 0 bridgehead atoms. The third-order valence-corrected chi connectivity index (χ3v) is 11.0. The minimum Gasteiger partial charge on any atom is -0.480 e. The Hall–Kier alpha value is -3.79. The Morgan fingerprint density at radius 2 is 1.53 bits per heavy atom. The number of carboxylic acids is 1. The van der Waals surface area contributed by atoms with Crippen LogP contribution in [0.25, 0.3) is 0 Å². The molecule has 10 atom stereocenters. The molecule has 0 unspecified atom stereocenters. The average Bonchev–Trinajstić information content (AvgIpc) is 3.50. The Balaban J connectivity index is 2.32. The number of carbonyl (C=O) groups excluding carboxylic acids is 4. The molecule has 0 radical (unpaired) electrons. The molecule has 0 spiro atoms. The van der Waals surface area contributed by atoms with Gasteiger partial charge in [0.1, 0.15) is 12.1 Å². The first-order valence-corrected chi connectivity index (χ1v) is 19.3. The van der Waals surface area contributed by atoms with Gasteiger partial charge in [-0.05, 0) is 56.0 Å². The van der Waals surface area contributed by atoms with E-state index >= 15 is 0 Å². The van der Waals surface area contributed by atoms with E-state index in [1.165, 1.54) is 19.1 Å². The van der Waals surface area contributed by atoms with Crippen LogP contribution in [0.15, 0.2) is 24.3 Å². The zero-order chi connectivity index (χ0) is 41.9. The number of benzene rings is 1. The number of methoxy groups -OCH3 is 2. The fourth-order valence-electron chi connectivity index (χ4n) is 7.80. The molecule has 1 fully saturated rings. The number of aliphatic hydroxyl groups excluding tert-OH is 1. The highest BCUT2D eigenvalue weighted by Gasteiger charge is 2.45. The third-order valence-electron chi connectivity index (χ3n) is 11.0. The highest BCUT2D eigenvalue weighted by Crippen LogP contribution is 2.30. The van der Waals surface area contributed by atoms with Crippen LogP contribution < -0.4 is 16.4 Å². The van der Waals surface area contributed by atoms with Crippen molar-refractivity contribution in [2.75, 3.05) is 47.6 Å². The third kappa shape index (κ3) is 12.6. The smallest absolute Gasteiger partial charge is 0.326 e. The van der Waals surface area contributed by atoms with E-state index < -0.39 is 66.3 Å². The molecule has 4 amide bonds. The molecule has 1 aromatic carbocycles. The molecule has 15 nitrogen and oxygen atoms in total. The zero-order valence-corrected chi connectivity index (χ0v) is 34.9. The van der Waals surface area contributed by atoms with Gasteiger partial charge in [0.05, 0.1) is 48.8 Å². The molecule has 0 aromatic heterocycles. The van der Waals surface area contributed by atoms with Crippen LogP contribution in [0.5, 0.6) is 0 Å². The van der Waals surface area contributed by atoms with Crippen LogP contribution >= 0.6 is 0 Å². The van der Waals surface area contributed by atoms with E-state index in [9.17, 15) is 34.2 Å². The SMILES string of the molecule is CC[C@H](C)[C@@H]([C@@H](CC(=O)N1C[C@H](O)C[C@H]1[C@H](OC)[C@@H](C)C(=O)N[C@@H](Cc1ccc(N)cc1)C(=O)O)OC)N(C)C(=O)[C@@H](NC(=O)[C@H](C(C)C)N(C)C)C(C)C. The summed E-state index contributed by atoms with van der Waals surface area (Å²) >= 11 is 0. The highest BCUT2D eigenvalue weighted by atomic mass is 16.5. The maximum absolute atomic E-state index is 14.2. The maximum atomic E-state index is 14.2. The standard InChI is InChI=1S/C40H68N6O9/c1-13-24(6)35(45(10)39(51)33(22(2)3)43-38(50)34(23(4)5)44(8)9)31(54-11)20-32(48)46-21-28(47)19-30(46)36(55-12)25(7)37(49)42-29(40(52)53)18-26-14-16-27(41)17-15-26/h14-17,22-25,28-31,33-36,47H,13,18-21,41H2,1-12H3,(H,42,49)(H,43,50)(H,52,53)/t24-,25+,28+,29-,30-,31+,33-,34-,35-,36+/m0/s1. The van der Waals surface area contributed by atoms with E-state index in [0.717, 1.165) is 0 Å². The van der Waals surface area contributed by atoms with Crippen LogP contribution in [-0.4, -0.2) is 145 Å². The number of carboxylic acid groups (broad SMARTS) is 1. The van der Waals surface area contributed by atoms with Gasteiger partial charge in [-0.3, -0.25) is 24.1 Å². The van der Waals surface area contributed by atoms with E-state index in [4.69, 9.17) is 15.2 Å². The number of β-amino-alcohol motifs (C(OH)–C–C–N with tert-alkyl or cyclic N) is 1. The van der Waals surface area contributed by atoms with Gasteiger partial charge in [-0.25, -0.2) is 4.79 Å². The fourth-order valence-corrected chi connectivity index (χ4v) is 7.80. The van der Waals surface area contributed by atoms with Gasteiger partial charge in [-0.2, -0.15) is 0 Å². The van der Waals surface area contributed by atoms with Crippen molar-refractivity contribution in [3.8, 4) is 0 Å². The fraction of sp³-hybridized carbons (Fsp3) is 0.725. The average molecular weight is 777 g/mol. The number of nitrogens with two attached hydrogens (primary N) is 1. The van der Waals surface area contributed by atoms with Crippen molar-refractivity contribution in [3.63, 3.8) is 0 Å². The molecular formula is C40H68N6O9. The molecule has 1 heterocycles. The first-order valence-electron chi connectivity index (χ1n) is 19.3. The van der Waals surface area contributed by atoms with Gasteiger partial charge in [0.15, 0.2) is 0 Å². The maximum Gasteiger partial charge on any atom is 0.326 e. The predicted molar refractivity (Wildman–Crippen MR) is 211 cm³/mol. The number of carbonyl (C=O) groups is 5. The molecule has 312 valence electrons. The van der Waals surface area contributed by atoms with Crippen LogP contribution in [0.1, 0.15) is 73.3 Å². The second kappa shape index (κ2) is 21.5. The number of aliphatic hydroxyl groups is 1. The number of rotatable bonds is 21. The number of likely N-dealkylation sites (tertiary alicyclic amines) is 1. The highest BCUT2D eigenvalue weighted by molar-refractivity contribution is 5.90. The molecule has 55 heavy (non-hydrogen) atoms. The van der Waals surface area contributed by atoms with Gasteiger partial charge in [-0.1, -0.05) is 67.0 Å². The molecule has 0 saturated carbocycles. The van der Waals surface area contributed by atoms with Crippen molar-refractivity contribution in [2.45, 2.75) is 123 Å². The van der Waals surface area contributed by atoms with Gasteiger partial charge in [-0.15, -0.1) is 0 Å². The van der Waals surface area contributed by atoms with Crippen LogP contribution in [0.4, 0.5) is 5.69 Å². The lowest BCUT2D eigenvalue weighted by atomic mass is 9.89. The van der Waals surface area contributed by atoms with Gasteiger partial charge in [0.2, 0.25) is 23.6 Å². The second-order valence-electron chi connectivity index (χ2n) is 16.0. The Labute approximate surface area is 327 Å². The summed E-state index contributed by atoms with van der Waals surface area (Å²) in [5.41, 5.74) is 6.97. The van der Waals surface area contributed by atoms with E-state index in [0.29, 0.717) is 17.7 Å². The number of hydrogen-bond donors (Lipinski definition) is 5. The quantitative estimate of drug-likeness (QED) is 0.114. The molecule has 1 saturated heterocycles. The number of aliphatic carboxylic acids is 1. The lowest BCUT2D eigenvalue weighted by molar-refractivity contribution is -0.148. The Bertz CT molecular complexity index is 1420. The lowest BCUT2D eigenvalue weighted by Crippen LogP contribution is -2.59. The van der Waals surface area contributed by atoms with E-state index in [1.807, 2.05) is 60.5 Å². The summed E-state index contributed by atoms with van der Waals surface area (Å²) in [7, 11) is 8.23. The molecule has 6 N–H and O–H groups in total. The van der Waals surface area contributed by atoms with Gasteiger partial charge in [0, 0.05) is 39.9 Å². The minimum atomic E-state index is -1.23. The number of nitrogens with one attached hydrogen (secondary N) is 2. The summed E-state index contributed by atoms with van der Waals surface area (Å²) in [5.74, 6) is -3.90. The van der Waals surface area contributed by atoms with Crippen LogP contribution in [0, 0.1) is 23.7 Å². The second-order valence-corrected chi connectivity index (χ2v) is 16.0. The summed E-state index contributed by atoms with van der Waals surface area (Å²) in [6, 6.07) is 2.96. The van der Waals surface area contributed by atoms with Crippen molar-refractivity contribution >= 4 is 35.3 Å². The Morgan fingerprint density at radius 1 is 0.927 bits per heavy atom. The number of amides is 4. The van der Waals surface area contributed by atoms with Crippen molar-refractivity contribution in [1.29, 1.82) is 0 Å². The van der Waals surface area contributed by atoms with Gasteiger partial charge in [0.25, 0.3) is 0 Å². The number of nitrogen functional groups attached to an aromatic ring is 1. The summed E-state index contributed by atoms with van der Waals surface area (Å²) in [6.45, 7) is 13.2. The van der Waals surface area contributed by atoms with Crippen LogP contribution in [0.3, 0.4) is 0 Å². The molecule has 0 aliphatic carbocycles. The van der Waals surface area contributed by atoms with Crippen LogP contribution in [0.2, 0.25) is 0 Å². The van der Waals surface area contributed by atoms with Crippen molar-refractivity contribution in [3.05, 3.63) is 29.8 Å². The summed E-state index contributed by atoms with van der Waals surface area (Å²) in [5, 5.41) is 26.3. The Kier molecular flexibility index (Phi) is 18.5. The van der Waals surface area contributed by atoms with Crippen molar-refractivity contribution < 1.29 is 43.7 Å². The van der Waals surface area contributed by atoms with Gasteiger partial charge >= 0.3 is 5.97 Å². The molecule has 1 aliphatic heterocycles. The summed E-state index contributed by atoms with van der Waals surface area (Å²) in [4.78, 5) is 72.4. The van der Waals surface area contributed by atoms with E-state index in [1.54, 1.807) is 43.1 Å². The van der Waals surface area contributed by atoms with Crippen molar-refractivity contribution in [1.82, 2.24) is 25.3 Å². The summed E-state index contributed by atoms with van der Waals surface area (Å²) < 4.78 is 11.8. The minimum absolute atomic E-state index is 0.00383. The first kappa shape index (κ1) is 47.4. The number of nitrogens with zero attached hydrogens (tertiary/aromatic N) is 3. The van der Waals surface area contributed by atoms with E-state index in [-0.39, 0.29) is 61.3 Å². The molecule has 1 aromatic rings. The van der Waals surface area contributed by atoms with Gasteiger partial charge < -0.3 is 45.9 Å². The Morgan fingerprint density at radius 3 is 2.00 bits per heavy atom. The molecule has 2 rings (SSSR count). The topological polar surface area (TPSA) is 204 Å².